The summed E-state index contributed by atoms with van der Waals surface area (Å²) in [5, 5.41) is 0. The first kappa shape index (κ1) is 59.6. The highest BCUT2D eigenvalue weighted by molar-refractivity contribution is 5.71. The number of esters is 3. The molecule has 0 spiro atoms. The lowest BCUT2D eigenvalue weighted by Gasteiger charge is -2.18. The van der Waals surface area contributed by atoms with Gasteiger partial charge in [0, 0.05) is 19.3 Å². The number of rotatable bonds is 46. The van der Waals surface area contributed by atoms with E-state index in [4.69, 9.17) is 14.2 Å². The molecule has 360 valence electrons. The number of hydrogen-bond donors (Lipinski definition) is 0. The second kappa shape index (κ2) is 51.2. The van der Waals surface area contributed by atoms with E-state index in [9.17, 15) is 14.4 Å². The Morgan fingerprint density at radius 3 is 1.16 bits per heavy atom. The average Bonchev–Trinajstić information content (AvgIpc) is 3.28. The van der Waals surface area contributed by atoms with E-state index in [1.807, 2.05) is 48.6 Å². The third kappa shape index (κ3) is 49.5. The van der Waals surface area contributed by atoms with Crippen molar-refractivity contribution in [2.45, 2.75) is 245 Å². The van der Waals surface area contributed by atoms with Crippen LogP contribution in [0.3, 0.4) is 0 Å². The predicted octanol–water partition coefficient (Wildman–Crippen LogP) is 17.2. The van der Waals surface area contributed by atoms with E-state index in [1.165, 1.54) is 96.3 Å². The zero-order valence-electron chi connectivity index (χ0n) is 41.1. The van der Waals surface area contributed by atoms with Gasteiger partial charge in [0.25, 0.3) is 0 Å². The quantitative estimate of drug-likeness (QED) is 0.0199. The van der Waals surface area contributed by atoms with Crippen molar-refractivity contribution in [1.29, 1.82) is 0 Å². The minimum absolute atomic E-state index is 0.0973. The maximum absolute atomic E-state index is 12.8. The van der Waals surface area contributed by atoms with Gasteiger partial charge in [-0.1, -0.05) is 241 Å². The number of carbonyl (C=O) groups excluding carboxylic acids is 3. The standard InChI is InChI=1S/C57H96O6/c1-4-7-10-13-16-19-22-25-27-28-29-31-32-35-38-41-44-47-50-56(59)62-53-54(52-61-55(58)49-46-43-40-37-34-24-21-18-15-12-9-6-3)63-57(60)51-48-45-42-39-36-33-30-26-23-20-17-14-11-8-5-2/h8-9,11-12,14,17-18,20-21,23,26,30,33,36,54H,4-7,10,13,15-16,19,22,24-25,27-29,31-32,34-35,37-53H2,1-3H3/b11-8-,12-9-,17-14-,21-18-,23-20-,30-26-,36-33-. The normalized spacial score (nSPS) is 12.7. The molecule has 0 aliphatic heterocycles. The Bertz CT molecular complexity index is 1240. The molecule has 0 aliphatic carbocycles. The van der Waals surface area contributed by atoms with Crippen molar-refractivity contribution < 1.29 is 28.6 Å². The first-order chi connectivity index (χ1) is 31.0. The fourth-order valence-corrected chi connectivity index (χ4v) is 7.15. The highest BCUT2D eigenvalue weighted by Crippen LogP contribution is 2.16. The minimum atomic E-state index is -0.802. The van der Waals surface area contributed by atoms with Crippen LogP contribution in [0, 0.1) is 0 Å². The first-order valence-electron chi connectivity index (χ1n) is 26.2. The second-order valence-corrected chi connectivity index (χ2v) is 17.2. The molecular formula is C57H96O6. The molecule has 0 aromatic carbocycles. The van der Waals surface area contributed by atoms with Gasteiger partial charge < -0.3 is 14.2 Å². The summed E-state index contributed by atoms with van der Waals surface area (Å²) in [6.07, 6.45) is 65.7. The fourth-order valence-electron chi connectivity index (χ4n) is 7.15. The highest BCUT2D eigenvalue weighted by atomic mass is 16.6. The van der Waals surface area contributed by atoms with Crippen LogP contribution >= 0.6 is 0 Å². The van der Waals surface area contributed by atoms with E-state index in [0.717, 1.165) is 96.3 Å². The van der Waals surface area contributed by atoms with Crippen LogP contribution in [-0.2, 0) is 28.6 Å². The minimum Gasteiger partial charge on any atom is -0.462 e. The Morgan fingerprint density at radius 1 is 0.349 bits per heavy atom. The SMILES string of the molecule is CC\C=C/C=C\C=C/C=C\C=C/CCCCCC(=O)OC(COC(=O)CCCCCCC/C=C\C/C=C\CC)COC(=O)CCCCCCCCCCCCCCCCCCCC. The van der Waals surface area contributed by atoms with Crippen LogP contribution in [0.15, 0.2) is 85.1 Å². The maximum atomic E-state index is 12.8. The molecule has 0 saturated heterocycles. The molecular weight excluding hydrogens is 781 g/mol. The van der Waals surface area contributed by atoms with Gasteiger partial charge in [0.2, 0.25) is 0 Å². The van der Waals surface area contributed by atoms with E-state index in [-0.39, 0.29) is 37.5 Å². The molecule has 0 N–H and O–H groups in total. The summed E-state index contributed by atoms with van der Waals surface area (Å²) in [5.41, 5.74) is 0. The molecule has 1 atom stereocenters. The topological polar surface area (TPSA) is 78.9 Å². The average molecular weight is 877 g/mol. The number of carbonyl (C=O) groups is 3. The zero-order chi connectivity index (χ0) is 45.8. The molecule has 0 aromatic heterocycles. The number of allylic oxidation sites excluding steroid dienone is 14. The number of hydrogen-bond acceptors (Lipinski definition) is 6. The molecule has 0 radical (unpaired) electrons. The first-order valence-corrected chi connectivity index (χ1v) is 26.2. The van der Waals surface area contributed by atoms with Crippen LogP contribution in [0.2, 0.25) is 0 Å². The third-order valence-electron chi connectivity index (χ3n) is 11.0. The van der Waals surface area contributed by atoms with Crippen molar-refractivity contribution in [3.05, 3.63) is 85.1 Å². The van der Waals surface area contributed by atoms with Crippen molar-refractivity contribution in [3.8, 4) is 0 Å². The van der Waals surface area contributed by atoms with Gasteiger partial charge in [-0.15, -0.1) is 0 Å². The monoisotopic (exact) mass is 877 g/mol. The molecule has 0 aliphatic rings. The Hall–Kier alpha value is -3.41. The van der Waals surface area contributed by atoms with Gasteiger partial charge in [-0.3, -0.25) is 14.4 Å². The van der Waals surface area contributed by atoms with E-state index in [2.05, 4.69) is 57.2 Å². The van der Waals surface area contributed by atoms with Crippen LogP contribution in [0.1, 0.15) is 239 Å². The number of unbranched alkanes of at least 4 members (excludes halogenated alkanes) is 25. The Balaban J connectivity index is 4.42. The van der Waals surface area contributed by atoms with Gasteiger partial charge in [0.05, 0.1) is 0 Å². The summed E-state index contributed by atoms with van der Waals surface area (Å²) in [5.74, 6) is -0.953. The van der Waals surface area contributed by atoms with Crippen molar-refractivity contribution in [2.75, 3.05) is 13.2 Å². The van der Waals surface area contributed by atoms with E-state index in [1.54, 1.807) is 0 Å². The van der Waals surface area contributed by atoms with Gasteiger partial charge in [-0.25, -0.2) is 0 Å². The van der Waals surface area contributed by atoms with Crippen LogP contribution in [0.5, 0.6) is 0 Å². The summed E-state index contributed by atoms with van der Waals surface area (Å²) in [4.78, 5) is 38.0. The smallest absolute Gasteiger partial charge is 0.306 e. The molecule has 0 amide bonds. The lowest BCUT2D eigenvalue weighted by molar-refractivity contribution is -0.167. The van der Waals surface area contributed by atoms with Crippen LogP contribution < -0.4 is 0 Å². The van der Waals surface area contributed by atoms with Gasteiger partial charge in [-0.05, 0) is 64.2 Å². The largest absolute Gasteiger partial charge is 0.462 e. The summed E-state index contributed by atoms with van der Waals surface area (Å²) >= 11 is 0. The molecule has 0 fully saturated rings. The molecule has 0 rings (SSSR count). The van der Waals surface area contributed by atoms with Crippen molar-refractivity contribution in [1.82, 2.24) is 0 Å². The summed E-state index contributed by atoms with van der Waals surface area (Å²) < 4.78 is 16.8. The molecule has 0 aromatic rings. The Labute approximate surface area is 388 Å². The van der Waals surface area contributed by atoms with E-state index < -0.39 is 6.10 Å². The number of ether oxygens (including phenoxy) is 3. The van der Waals surface area contributed by atoms with E-state index in [0.29, 0.717) is 19.3 Å². The Kier molecular flexibility index (Phi) is 48.5. The second-order valence-electron chi connectivity index (χ2n) is 17.2. The molecule has 0 bridgehead atoms. The zero-order valence-corrected chi connectivity index (χ0v) is 41.1. The molecule has 63 heavy (non-hydrogen) atoms. The highest BCUT2D eigenvalue weighted by Gasteiger charge is 2.19. The van der Waals surface area contributed by atoms with Gasteiger partial charge in [-0.2, -0.15) is 0 Å². The molecule has 0 saturated carbocycles. The molecule has 0 heterocycles. The Morgan fingerprint density at radius 2 is 0.698 bits per heavy atom. The molecule has 1 unspecified atom stereocenters. The van der Waals surface area contributed by atoms with Gasteiger partial charge >= 0.3 is 17.9 Å². The fraction of sp³-hybridized carbons (Fsp3) is 0.702. The van der Waals surface area contributed by atoms with Gasteiger partial charge in [0.15, 0.2) is 6.10 Å². The van der Waals surface area contributed by atoms with Crippen molar-refractivity contribution in [3.63, 3.8) is 0 Å². The lowest BCUT2D eigenvalue weighted by Crippen LogP contribution is -2.30. The maximum Gasteiger partial charge on any atom is 0.306 e. The van der Waals surface area contributed by atoms with E-state index >= 15 is 0 Å². The molecule has 6 heteroatoms. The van der Waals surface area contributed by atoms with Gasteiger partial charge in [0.1, 0.15) is 13.2 Å². The van der Waals surface area contributed by atoms with Crippen LogP contribution in [-0.4, -0.2) is 37.2 Å². The lowest BCUT2D eigenvalue weighted by atomic mass is 10.0. The van der Waals surface area contributed by atoms with Crippen molar-refractivity contribution in [2.24, 2.45) is 0 Å². The summed E-state index contributed by atoms with van der Waals surface area (Å²) in [6, 6.07) is 0. The third-order valence-corrected chi connectivity index (χ3v) is 11.0. The summed E-state index contributed by atoms with van der Waals surface area (Å²) in [6.45, 7) is 6.34. The van der Waals surface area contributed by atoms with Crippen LogP contribution in [0.4, 0.5) is 0 Å². The molecule has 6 nitrogen and oxygen atoms in total. The van der Waals surface area contributed by atoms with Crippen molar-refractivity contribution >= 4 is 17.9 Å². The predicted molar refractivity (Wildman–Crippen MR) is 270 cm³/mol. The van der Waals surface area contributed by atoms with Crippen LogP contribution in [0.25, 0.3) is 0 Å². The summed E-state index contributed by atoms with van der Waals surface area (Å²) in [7, 11) is 0.